The molecular formula is C17H17NO5S2. The van der Waals surface area contributed by atoms with Crippen LogP contribution in [-0.4, -0.2) is 33.0 Å². The molecule has 132 valence electrons. The van der Waals surface area contributed by atoms with Crippen molar-refractivity contribution >= 4 is 38.8 Å². The normalized spacial score (nSPS) is 13.3. The molecule has 0 amide bonds. The molecule has 0 aliphatic heterocycles. The van der Waals surface area contributed by atoms with Crippen LogP contribution >= 0.6 is 11.3 Å². The molecule has 0 saturated carbocycles. The average molecular weight is 379 g/mol. The molecule has 1 aliphatic rings. The van der Waals surface area contributed by atoms with Gasteiger partial charge in [0, 0.05) is 16.1 Å². The molecule has 6 nitrogen and oxygen atoms in total. The first-order valence-electron chi connectivity index (χ1n) is 7.71. The summed E-state index contributed by atoms with van der Waals surface area (Å²) in [4.78, 5) is 25.9. The smallest absolute Gasteiger partial charge is 0.348 e. The van der Waals surface area contributed by atoms with Crippen LogP contribution in [0.4, 0.5) is 5.69 Å². The largest absolute Gasteiger partial charge is 0.453 e. The molecule has 8 heteroatoms. The molecule has 0 spiro atoms. The quantitative estimate of drug-likeness (QED) is 0.616. The van der Waals surface area contributed by atoms with Gasteiger partial charge in [-0.2, -0.15) is 0 Å². The van der Waals surface area contributed by atoms with Crippen molar-refractivity contribution in [1.29, 1.82) is 0 Å². The van der Waals surface area contributed by atoms with Crippen molar-refractivity contribution < 1.29 is 22.7 Å². The van der Waals surface area contributed by atoms with Gasteiger partial charge in [-0.25, -0.2) is 13.2 Å². The van der Waals surface area contributed by atoms with Crippen LogP contribution in [0, 0.1) is 0 Å². The molecule has 25 heavy (non-hydrogen) atoms. The molecule has 0 bridgehead atoms. The van der Waals surface area contributed by atoms with Gasteiger partial charge in [-0.1, -0.05) is 0 Å². The summed E-state index contributed by atoms with van der Waals surface area (Å²) < 4.78 is 29.7. The van der Waals surface area contributed by atoms with Crippen molar-refractivity contribution in [2.45, 2.75) is 19.3 Å². The number of esters is 1. The predicted molar refractivity (Wildman–Crippen MR) is 95.9 cm³/mol. The number of anilines is 1. The van der Waals surface area contributed by atoms with Crippen molar-refractivity contribution in [2.75, 3.05) is 17.6 Å². The Bertz CT molecular complexity index is 892. The predicted octanol–water partition coefficient (Wildman–Crippen LogP) is 2.65. The Hall–Kier alpha value is -2.19. The zero-order valence-corrected chi connectivity index (χ0v) is 15.2. The Morgan fingerprint density at radius 3 is 2.56 bits per heavy atom. The fourth-order valence-electron chi connectivity index (χ4n) is 2.65. The van der Waals surface area contributed by atoms with Gasteiger partial charge in [0.15, 0.2) is 12.4 Å². The van der Waals surface area contributed by atoms with Crippen molar-refractivity contribution in [3.63, 3.8) is 0 Å². The van der Waals surface area contributed by atoms with Crippen LogP contribution in [0.25, 0.3) is 0 Å². The number of rotatable bonds is 6. The highest BCUT2D eigenvalue weighted by atomic mass is 32.2. The first-order chi connectivity index (χ1) is 11.8. The summed E-state index contributed by atoms with van der Waals surface area (Å²) in [5, 5.41) is 0. The summed E-state index contributed by atoms with van der Waals surface area (Å²) in [6.45, 7) is -0.347. The summed E-state index contributed by atoms with van der Waals surface area (Å²) in [5.74, 6) is -0.827. The zero-order valence-electron chi connectivity index (χ0n) is 13.6. The third-order valence-corrected chi connectivity index (χ3v) is 5.62. The van der Waals surface area contributed by atoms with E-state index < -0.39 is 16.0 Å². The molecule has 0 radical (unpaired) electrons. The van der Waals surface area contributed by atoms with E-state index >= 15 is 0 Å². The molecule has 1 N–H and O–H groups in total. The molecule has 0 unspecified atom stereocenters. The van der Waals surface area contributed by atoms with Gasteiger partial charge in [0.25, 0.3) is 0 Å². The molecule has 1 aliphatic carbocycles. The number of aryl methyl sites for hydroxylation is 2. The molecule has 1 aromatic heterocycles. The minimum Gasteiger partial charge on any atom is -0.453 e. The third kappa shape index (κ3) is 4.46. The maximum atomic E-state index is 12.1. The number of ketones is 1. The van der Waals surface area contributed by atoms with E-state index in [-0.39, 0.29) is 12.4 Å². The van der Waals surface area contributed by atoms with E-state index in [0.29, 0.717) is 16.1 Å². The van der Waals surface area contributed by atoms with Crippen molar-refractivity contribution in [3.05, 3.63) is 51.2 Å². The third-order valence-electron chi connectivity index (χ3n) is 3.79. The van der Waals surface area contributed by atoms with E-state index in [1.165, 1.54) is 46.0 Å². The van der Waals surface area contributed by atoms with Gasteiger partial charge in [0.1, 0.15) is 4.88 Å². The lowest BCUT2D eigenvalue weighted by atomic mass is 10.1. The zero-order chi connectivity index (χ0) is 18.0. The first-order valence-corrected chi connectivity index (χ1v) is 10.4. The number of Topliss-reactive ketones (excluding diaryl/α,β-unsaturated/α-hetero) is 1. The highest BCUT2D eigenvalue weighted by molar-refractivity contribution is 7.92. The lowest BCUT2D eigenvalue weighted by molar-refractivity contribution is 0.0479. The fourth-order valence-corrected chi connectivity index (χ4v) is 4.37. The van der Waals surface area contributed by atoms with Crippen LogP contribution in [0.3, 0.4) is 0 Å². The Morgan fingerprint density at radius 1 is 1.20 bits per heavy atom. The summed E-state index contributed by atoms with van der Waals surface area (Å²) in [6.07, 6.45) is 4.16. The summed E-state index contributed by atoms with van der Waals surface area (Å²) in [7, 11) is -3.36. The second kappa shape index (κ2) is 6.97. The number of carbonyl (C=O) groups excluding carboxylic acids is 2. The van der Waals surface area contributed by atoms with E-state index in [1.54, 1.807) is 0 Å². The van der Waals surface area contributed by atoms with E-state index in [2.05, 4.69) is 4.72 Å². The molecule has 3 rings (SSSR count). The minimum absolute atomic E-state index is 0.344. The highest BCUT2D eigenvalue weighted by Crippen LogP contribution is 2.30. The van der Waals surface area contributed by atoms with Crippen LogP contribution in [0.2, 0.25) is 0 Å². The van der Waals surface area contributed by atoms with Crippen LogP contribution in [0.1, 0.15) is 36.9 Å². The maximum Gasteiger partial charge on any atom is 0.348 e. The summed E-state index contributed by atoms with van der Waals surface area (Å²) in [6, 6.07) is 7.80. The number of ether oxygens (including phenoxy) is 1. The molecule has 0 atom stereocenters. The Kier molecular flexibility index (Phi) is 4.91. The molecular weight excluding hydrogens is 362 g/mol. The number of sulfonamides is 1. The van der Waals surface area contributed by atoms with Crippen LogP contribution in [-0.2, 0) is 27.6 Å². The van der Waals surface area contributed by atoms with Crippen LogP contribution in [0.5, 0.6) is 0 Å². The van der Waals surface area contributed by atoms with Gasteiger partial charge < -0.3 is 4.74 Å². The number of hydrogen-bond acceptors (Lipinski definition) is 6. The molecule has 0 saturated heterocycles. The first kappa shape index (κ1) is 17.6. The van der Waals surface area contributed by atoms with Gasteiger partial charge >= 0.3 is 5.97 Å². The van der Waals surface area contributed by atoms with E-state index in [0.717, 1.165) is 25.5 Å². The number of hydrogen-bond donors (Lipinski definition) is 1. The number of nitrogens with one attached hydrogen (secondary N) is 1. The maximum absolute atomic E-state index is 12.1. The van der Waals surface area contributed by atoms with Crippen molar-refractivity contribution in [3.8, 4) is 0 Å². The Balaban J connectivity index is 1.57. The highest BCUT2D eigenvalue weighted by Gasteiger charge is 2.20. The number of thiophene rings is 1. The molecule has 1 heterocycles. The van der Waals surface area contributed by atoms with E-state index in [9.17, 15) is 18.0 Å². The SMILES string of the molecule is CS(=O)(=O)Nc1ccc(C(=O)COC(=O)c2cc3c(s2)CCC3)cc1. The van der Waals surface area contributed by atoms with E-state index in [4.69, 9.17) is 4.74 Å². The standard InChI is InChI=1S/C17H17NO5S2/c1-25(21,22)18-13-7-5-11(6-8-13)14(19)10-23-17(20)16-9-12-3-2-4-15(12)24-16/h5-9,18H,2-4,10H2,1H3. The van der Waals surface area contributed by atoms with Gasteiger partial charge in [0.2, 0.25) is 10.0 Å². The van der Waals surface area contributed by atoms with Gasteiger partial charge in [-0.3, -0.25) is 9.52 Å². The monoisotopic (exact) mass is 379 g/mol. The topological polar surface area (TPSA) is 89.5 Å². The average Bonchev–Trinajstić information content (AvgIpc) is 3.13. The van der Waals surface area contributed by atoms with Crippen LogP contribution in [0.15, 0.2) is 30.3 Å². The van der Waals surface area contributed by atoms with Crippen molar-refractivity contribution in [2.24, 2.45) is 0 Å². The lowest BCUT2D eigenvalue weighted by Gasteiger charge is -2.06. The lowest BCUT2D eigenvalue weighted by Crippen LogP contribution is -2.14. The van der Waals surface area contributed by atoms with E-state index in [1.807, 2.05) is 6.07 Å². The molecule has 0 fully saturated rings. The number of carbonyl (C=O) groups is 2. The second-order valence-corrected chi connectivity index (χ2v) is 8.75. The molecule has 1 aromatic carbocycles. The Labute approximate surface area is 149 Å². The summed E-state index contributed by atoms with van der Waals surface area (Å²) >= 11 is 1.43. The number of benzene rings is 1. The summed E-state index contributed by atoms with van der Waals surface area (Å²) in [5.41, 5.74) is 1.92. The van der Waals surface area contributed by atoms with Crippen LogP contribution < -0.4 is 4.72 Å². The van der Waals surface area contributed by atoms with Gasteiger partial charge in [-0.15, -0.1) is 11.3 Å². The minimum atomic E-state index is -3.36. The molecule has 2 aromatic rings. The second-order valence-electron chi connectivity index (χ2n) is 5.86. The number of fused-ring (bicyclic) bond motifs is 1. The van der Waals surface area contributed by atoms with Gasteiger partial charge in [-0.05, 0) is 55.2 Å². The Morgan fingerprint density at radius 2 is 1.92 bits per heavy atom. The van der Waals surface area contributed by atoms with Gasteiger partial charge in [0.05, 0.1) is 6.26 Å². The van der Waals surface area contributed by atoms with Crippen molar-refractivity contribution in [1.82, 2.24) is 0 Å². The fraction of sp³-hybridized carbons (Fsp3) is 0.294.